The van der Waals surface area contributed by atoms with Gasteiger partial charge in [-0.3, -0.25) is 0 Å². The third-order valence-electron chi connectivity index (χ3n) is 4.62. The quantitative estimate of drug-likeness (QED) is 0.770. The number of ether oxygens (including phenoxy) is 1. The van der Waals surface area contributed by atoms with Crippen molar-refractivity contribution in [3.63, 3.8) is 0 Å². The van der Waals surface area contributed by atoms with Crippen LogP contribution in [-0.4, -0.2) is 34.6 Å². The summed E-state index contributed by atoms with van der Waals surface area (Å²) in [6.07, 6.45) is 4.97. The Bertz CT molecular complexity index is 256. The molecule has 1 aliphatic carbocycles. The molecule has 1 saturated carbocycles. The summed E-state index contributed by atoms with van der Waals surface area (Å²) in [5, 5.41) is 18.3. The van der Waals surface area contributed by atoms with Crippen molar-refractivity contribution in [2.75, 3.05) is 13.2 Å². The standard InChI is InChI=1S/C13H24O3/c1-12-5-3-11(10(9-12)4-7-14)13(2,16-12)6-8-15/h10-11,14-15H,3-9H2,1-2H3/t10-,11-,12+,13+/m1/s1. The Morgan fingerprint density at radius 3 is 2.56 bits per heavy atom. The number of hydrogen-bond acceptors (Lipinski definition) is 3. The van der Waals surface area contributed by atoms with Crippen LogP contribution in [0.5, 0.6) is 0 Å². The molecule has 3 fully saturated rings. The fourth-order valence-electron chi connectivity index (χ4n) is 3.96. The van der Waals surface area contributed by atoms with Crippen molar-refractivity contribution in [1.29, 1.82) is 0 Å². The summed E-state index contributed by atoms with van der Waals surface area (Å²) in [4.78, 5) is 0. The molecular weight excluding hydrogens is 204 g/mol. The lowest BCUT2D eigenvalue weighted by Gasteiger charge is -2.58. The van der Waals surface area contributed by atoms with Gasteiger partial charge >= 0.3 is 0 Å². The normalized spacial score (nSPS) is 47.2. The summed E-state index contributed by atoms with van der Waals surface area (Å²) in [6, 6.07) is 0. The molecule has 0 amide bonds. The van der Waals surface area contributed by atoms with E-state index in [2.05, 4.69) is 13.8 Å². The highest BCUT2D eigenvalue weighted by Crippen LogP contribution is 2.54. The molecular formula is C13H24O3. The molecule has 0 aromatic carbocycles. The molecule has 2 heterocycles. The maximum atomic E-state index is 9.18. The van der Waals surface area contributed by atoms with E-state index in [0.29, 0.717) is 11.8 Å². The topological polar surface area (TPSA) is 49.7 Å². The Hall–Kier alpha value is -0.120. The molecule has 3 aliphatic rings. The van der Waals surface area contributed by atoms with Gasteiger partial charge in [-0.1, -0.05) is 0 Å². The van der Waals surface area contributed by atoms with E-state index >= 15 is 0 Å². The fraction of sp³-hybridized carbons (Fsp3) is 1.00. The van der Waals surface area contributed by atoms with Crippen LogP contribution in [0.4, 0.5) is 0 Å². The SMILES string of the molecule is C[C@]12CC[C@H]([C@H](CCO)C1)[C@](C)(CCO)O2. The fourth-order valence-corrected chi connectivity index (χ4v) is 3.96. The van der Waals surface area contributed by atoms with Gasteiger partial charge in [-0.2, -0.15) is 0 Å². The molecule has 3 rings (SSSR count). The Kier molecular flexibility index (Phi) is 3.30. The zero-order valence-electron chi connectivity index (χ0n) is 10.4. The van der Waals surface area contributed by atoms with Crippen LogP contribution < -0.4 is 0 Å². The Morgan fingerprint density at radius 1 is 1.25 bits per heavy atom. The molecule has 2 aliphatic heterocycles. The molecule has 0 unspecified atom stereocenters. The van der Waals surface area contributed by atoms with Crippen molar-refractivity contribution >= 4 is 0 Å². The zero-order chi connectivity index (χ0) is 11.8. The number of rotatable bonds is 4. The maximum Gasteiger partial charge on any atom is 0.0714 e. The van der Waals surface area contributed by atoms with Gasteiger partial charge in [0.25, 0.3) is 0 Å². The molecule has 0 radical (unpaired) electrons. The van der Waals surface area contributed by atoms with Crippen molar-refractivity contribution in [3.05, 3.63) is 0 Å². The minimum Gasteiger partial charge on any atom is -0.396 e. The minimum atomic E-state index is -0.181. The molecule has 0 aromatic heterocycles. The van der Waals surface area contributed by atoms with E-state index in [1.54, 1.807) is 0 Å². The molecule has 3 heteroatoms. The van der Waals surface area contributed by atoms with E-state index in [4.69, 9.17) is 9.84 Å². The van der Waals surface area contributed by atoms with E-state index in [-0.39, 0.29) is 24.4 Å². The van der Waals surface area contributed by atoms with E-state index in [1.807, 2.05) is 0 Å². The summed E-state index contributed by atoms with van der Waals surface area (Å²) < 4.78 is 6.24. The van der Waals surface area contributed by atoms with Crippen LogP contribution in [0, 0.1) is 11.8 Å². The van der Waals surface area contributed by atoms with Gasteiger partial charge in [0, 0.05) is 13.2 Å². The summed E-state index contributed by atoms with van der Waals surface area (Å²) in [5.74, 6) is 1.07. The van der Waals surface area contributed by atoms with Crippen molar-refractivity contribution in [3.8, 4) is 0 Å². The Labute approximate surface area is 97.8 Å². The molecule has 0 spiro atoms. The molecule has 2 bridgehead atoms. The third kappa shape index (κ3) is 2.01. The molecule has 16 heavy (non-hydrogen) atoms. The predicted molar refractivity (Wildman–Crippen MR) is 62.1 cm³/mol. The first kappa shape index (κ1) is 12.3. The van der Waals surface area contributed by atoms with Gasteiger partial charge in [-0.05, 0) is 57.8 Å². The lowest BCUT2D eigenvalue weighted by atomic mass is 9.61. The van der Waals surface area contributed by atoms with E-state index < -0.39 is 0 Å². The Balaban J connectivity index is 2.17. The van der Waals surface area contributed by atoms with Gasteiger partial charge in [0.2, 0.25) is 0 Å². The average molecular weight is 228 g/mol. The first-order valence-electron chi connectivity index (χ1n) is 6.45. The summed E-state index contributed by atoms with van der Waals surface area (Å²) in [7, 11) is 0. The largest absolute Gasteiger partial charge is 0.396 e. The van der Waals surface area contributed by atoms with Crippen molar-refractivity contribution in [2.24, 2.45) is 11.8 Å². The molecule has 2 N–H and O–H groups in total. The molecule has 4 atom stereocenters. The zero-order valence-corrected chi connectivity index (χ0v) is 10.4. The molecule has 0 aromatic rings. The number of hydrogen-bond donors (Lipinski definition) is 2. The van der Waals surface area contributed by atoms with Crippen LogP contribution in [0.15, 0.2) is 0 Å². The van der Waals surface area contributed by atoms with Gasteiger partial charge in [0.1, 0.15) is 0 Å². The third-order valence-corrected chi connectivity index (χ3v) is 4.62. The van der Waals surface area contributed by atoms with Gasteiger partial charge in [0.15, 0.2) is 0 Å². The first-order chi connectivity index (χ1) is 7.53. The van der Waals surface area contributed by atoms with Crippen molar-refractivity contribution in [2.45, 2.75) is 57.2 Å². The minimum absolute atomic E-state index is 0.0293. The van der Waals surface area contributed by atoms with Crippen molar-refractivity contribution < 1.29 is 14.9 Å². The first-order valence-corrected chi connectivity index (χ1v) is 6.45. The van der Waals surface area contributed by atoms with Crippen LogP contribution in [0.25, 0.3) is 0 Å². The predicted octanol–water partition coefficient (Wildman–Crippen LogP) is 1.72. The second kappa shape index (κ2) is 4.28. The van der Waals surface area contributed by atoms with Gasteiger partial charge in [-0.25, -0.2) is 0 Å². The van der Waals surface area contributed by atoms with Crippen LogP contribution in [-0.2, 0) is 4.74 Å². The van der Waals surface area contributed by atoms with Crippen LogP contribution in [0.2, 0.25) is 0 Å². The second-order valence-corrected chi connectivity index (χ2v) is 5.96. The summed E-state index contributed by atoms with van der Waals surface area (Å²) >= 11 is 0. The van der Waals surface area contributed by atoms with Gasteiger partial charge < -0.3 is 14.9 Å². The molecule has 94 valence electrons. The lowest BCUT2D eigenvalue weighted by molar-refractivity contribution is -0.263. The van der Waals surface area contributed by atoms with E-state index in [9.17, 15) is 5.11 Å². The average Bonchev–Trinajstić information content (AvgIpc) is 2.16. The highest BCUT2D eigenvalue weighted by atomic mass is 16.5. The number of aliphatic hydroxyl groups is 2. The van der Waals surface area contributed by atoms with Gasteiger partial charge in [0.05, 0.1) is 11.2 Å². The highest BCUT2D eigenvalue weighted by molar-refractivity contribution is 5.03. The summed E-state index contributed by atoms with van der Waals surface area (Å²) in [5.41, 5.74) is -0.210. The Morgan fingerprint density at radius 2 is 2.00 bits per heavy atom. The maximum absolute atomic E-state index is 9.18. The van der Waals surface area contributed by atoms with Crippen LogP contribution >= 0.6 is 0 Å². The monoisotopic (exact) mass is 228 g/mol. The molecule has 2 saturated heterocycles. The number of aliphatic hydroxyl groups excluding tert-OH is 2. The van der Waals surface area contributed by atoms with Gasteiger partial charge in [-0.15, -0.1) is 0 Å². The highest BCUT2D eigenvalue weighted by Gasteiger charge is 2.54. The molecule has 3 nitrogen and oxygen atoms in total. The smallest absolute Gasteiger partial charge is 0.0714 e. The van der Waals surface area contributed by atoms with E-state index in [1.165, 1.54) is 6.42 Å². The summed E-state index contributed by atoms with van der Waals surface area (Å²) in [6.45, 7) is 4.78. The van der Waals surface area contributed by atoms with Crippen LogP contribution in [0.1, 0.15) is 46.0 Å². The van der Waals surface area contributed by atoms with E-state index in [0.717, 1.165) is 25.7 Å². The number of fused-ring (bicyclic) bond motifs is 3. The lowest BCUT2D eigenvalue weighted by Crippen LogP contribution is -2.59. The van der Waals surface area contributed by atoms with Crippen molar-refractivity contribution in [1.82, 2.24) is 0 Å². The van der Waals surface area contributed by atoms with Crippen LogP contribution in [0.3, 0.4) is 0 Å². The second-order valence-electron chi connectivity index (χ2n) is 5.96.